The minimum atomic E-state index is -0.216. The van der Waals surface area contributed by atoms with Gasteiger partial charge < -0.3 is 5.32 Å². The maximum atomic E-state index is 12.4. The quantitative estimate of drug-likeness (QED) is 0.770. The molecule has 2 N–H and O–H groups in total. The minimum absolute atomic E-state index is 0.216. The van der Waals surface area contributed by atoms with Gasteiger partial charge in [0.05, 0.1) is 23.6 Å². The highest BCUT2D eigenvalue weighted by Gasteiger charge is 2.22. The van der Waals surface area contributed by atoms with Crippen molar-refractivity contribution in [2.75, 3.05) is 5.32 Å². The largest absolute Gasteiger partial charge is 0.318 e. The summed E-state index contributed by atoms with van der Waals surface area (Å²) < 4.78 is 1.96. The van der Waals surface area contributed by atoms with E-state index in [4.69, 9.17) is 0 Å². The zero-order valence-electron chi connectivity index (χ0n) is 12.6. The second-order valence-electron chi connectivity index (χ2n) is 5.67. The number of H-pyrrole nitrogens is 1. The maximum absolute atomic E-state index is 12.4. The fourth-order valence-corrected chi connectivity index (χ4v) is 3.29. The van der Waals surface area contributed by atoms with Crippen LogP contribution >= 0.6 is 11.3 Å². The topological polar surface area (TPSA) is 88.5 Å². The molecule has 1 saturated carbocycles. The molecule has 0 spiro atoms. The number of hydrogen-bond donors (Lipinski definition) is 2. The molecular weight excluding hydrogens is 312 g/mol. The molecule has 0 radical (unpaired) electrons. The van der Waals surface area contributed by atoms with Gasteiger partial charge in [-0.3, -0.25) is 14.6 Å². The summed E-state index contributed by atoms with van der Waals surface area (Å²) in [6.07, 6.45) is 8.94. The molecule has 1 aliphatic carbocycles. The zero-order valence-corrected chi connectivity index (χ0v) is 13.4. The van der Waals surface area contributed by atoms with Crippen molar-refractivity contribution < 1.29 is 4.79 Å². The van der Waals surface area contributed by atoms with Gasteiger partial charge in [-0.2, -0.15) is 10.2 Å². The summed E-state index contributed by atoms with van der Waals surface area (Å²) in [6.45, 7) is 1.91. The first kappa shape index (κ1) is 14.1. The normalized spacial score (nSPS) is 14.7. The van der Waals surface area contributed by atoms with Crippen molar-refractivity contribution in [2.45, 2.75) is 32.2 Å². The van der Waals surface area contributed by atoms with Crippen LogP contribution in [-0.4, -0.2) is 30.9 Å². The highest BCUT2D eigenvalue weighted by molar-refractivity contribution is 7.13. The van der Waals surface area contributed by atoms with Gasteiger partial charge in [-0.1, -0.05) is 0 Å². The first-order valence-corrected chi connectivity index (χ1v) is 8.40. The van der Waals surface area contributed by atoms with Crippen LogP contribution < -0.4 is 5.32 Å². The number of rotatable bonds is 4. The molecule has 4 rings (SSSR count). The monoisotopic (exact) mass is 328 g/mol. The van der Waals surface area contributed by atoms with Gasteiger partial charge in [0.1, 0.15) is 10.7 Å². The average molecular weight is 328 g/mol. The van der Waals surface area contributed by atoms with Crippen LogP contribution in [0.3, 0.4) is 0 Å². The van der Waals surface area contributed by atoms with Crippen LogP contribution in [0.5, 0.6) is 0 Å². The van der Waals surface area contributed by atoms with Crippen molar-refractivity contribution in [2.24, 2.45) is 0 Å². The molecule has 0 atom stereocenters. The van der Waals surface area contributed by atoms with E-state index in [1.54, 1.807) is 17.8 Å². The average Bonchev–Trinajstić information content (AvgIpc) is 3.18. The van der Waals surface area contributed by atoms with Crippen LogP contribution in [0.4, 0.5) is 5.69 Å². The third-order valence-corrected chi connectivity index (χ3v) is 4.99. The van der Waals surface area contributed by atoms with Gasteiger partial charge >= 0.3 is 0 Å². The van der Waals surface area contributed by atoms with E-state index in [1.807, 2.05) is 17.8 Å². The molecule has 3 aromatic rings. The van der Waals surface area contributed by atoms with Crippen LogP contribution in [0.25, 0.3) is 10.6 Å². The van der Waals surface area contributed by atoms with Gasteiger partial charge in [0, 0.05) is 23.3 Å². The Morgan fingerprint density at radius 1 is 1.48 bits per heavy atom. The molecule has 7 nitrogen and oxygen atoms in total. The number of hydrogen-bond acceptors (Lipinski definition) is 5. The number of aromatic nitrogens is 5. The molecule has 0 saturated heterocycles. The van der Waals surface area contributed by atoms with E-state index in [0.29, 0.717) is 11.7 Å². The lowest BCUT2D eigenvalue weighted by atomic mass is 9.93. The lowest BCUT2D eigenvalue weighted by molar-refractivity contribution is 0.102. The van der Waals surface area contributed by atoms with Crippen molar-refractivity contribution in [3.63, 3.8) is 0 Å². The highest BCUT2D eigenvalue weighted by atomic mass is 32.1. The second-order valence-corrected chi connectivity index (χ2v) is 6.53. The number of carbonyl (C=O) groups is 1. The Morgan fingerprint density at radius 3 is 3.04 bits per heavy atom. The molecule has 0 aliphatic heterocycles. The first-order chi connectivity index (χ1) is 11.2. The number of nitrogens with zero attached hydrogens (tertiary/aromatic N) is 4. The number of aromatic amines is 1. The van der Waals surface area contributed by atoms with Gasteiger partial charge in [-0.05, 0) is 26.2 Å². The standard InChI is InChI=1S/C15H16N6OS/c1-9-12(7-21(20-9)11-3-2-4-11)18-14(22)13-8-23-15(19-13)10-5-16-17-6-10/h5-8,11H,2-4H2,1H3,(H,16,17)(H,18,22). The molecule has 3 heterocycles. The summed E-state index contributed by atoms with van der Waals surface area (Å²) in [5, 5.41) is 16.6. The summed E-state index contributed by atoms with van der Waals surface area (Å²) in [6, 6.07) is 0.478. The van der Waals surface area contributed by atoms with Crippen LogP contribution in [0, 0.1) is 6.92 Å². The smallest absolute Gasteiger partial charge is 0.275 e. The van der Waals surface area contributed by atoms with Gasteiger partial charge in [-0.15, -0.1) is 11.3 Å². The number of amides is 1. The van der Waals surface area contributed by atoms with Crippen molar-refractivity contribution >= 4 is 22.9 Å². The molecule has 1 fully saturated rings. The van der Waals surface area contributed by atoms with Gasteiger partial charge in [0.25, 0.3) is 5.91 Å². The van der Waals surface area contributed by atoms with E-state index in [2.05, 4.69) is 25.6 Å². The van der Waals surface area contributed by atoms with E-state index in [0.717, 1.165) is 34.8 Å². The summed E-state index contributed by atoms with van der Waals surface area (Å²) in [7, 11) is 0. The van der Waals surface area contributed by atoms with Crippen molar-refractivity contribution in [3.05, 3.63) is 35.4 Å². The van der Waals surface area contributed by atoms with E-state index < -0.39 is 0 Å². The molecule has 0 bridgehead atoms. The summed E-state index contributed by atoms with van der Waals surface area (Å²) in [4.78, 5) is 16.8. The van der Waals surface area contributed by atoms with Gasteiger partial charge in [0.2, 0.25) is 0 Å². The fraction of sp³-hybridized carbons (Fsp3) is 0.333. The number of aryl methyl sites for hydroxylation is 1. The molecule has 0 aromatic carbocycles. The van der Waals surface area contributed by atoms with Crippen molar-refractivity contribution in [1.82, 2.24) is 25.0 Å². The summed E-state index contributed by atoms with van der Waals surface area (Å²) in [5.41, 5.74) is 2.86. The zero-order chi connectivity index (χ0) is 15.8. The Morgan fingerprint density at radius 2 is 2.35 bits per heavy atom. The van der Waals surface area contributed by atoms with Crippen molar-refractivity contribution in [3.8, 4) is 10.6 Å². The van der Waals surface area contributed by atoms with Crippen LogP contribution in [0.1, 0.15) is 41.5 Å². The molecule has 1 amide bonds. The van der Waals surface area contributed by atoms with E-state index in [1.165, 1.54) is 17.8 Å². The number of anilines is 1. The molecule has 118 valence electrons. The Labute approximate surface area is 136 Å². The Bertz CT molecular complexity index is 830. The highest BCUT2D eigenvalue weighted by Crippen LogP contribution is 2.32. The second kappa shape index (κ2) is 5.62. The number of carbonyl (C=O) groups excluding carboxylic acids is 1. The van der Waals surface area contributed by atoms with Gasteiger partial charge in [0.15, 0.2) is 0 Å². The fourth-order valence-electron chi connectivity index (χ4n) is 2.51. The van der Waals surface area contributed by atoms with Crippen molar-refractivity contribution in [1.29, 1.82) is 0 Å². The van der Waals surface area contributed by atoms with Gasteiger partial charge in [-0.25, -0.2) is 4.98 Å². The first-order valence-electron chi connectivity index (χ1n) is 7.52. The molecule has 8 heteroatoms. The summed E-state index contributed by atoms with van der Waals surface area (Å²) >= 11 is 1.42. The van der Waals surface area contributed by atoms with E-state index >= 15 is 0 Å². The Kier molecular flexibility index (Phi) is 3.45. The lowest BCUT2D eigenvalue weighted by Crippen LogP contribution is -2.17. The maximum Gasteiger partial charge on any atom is 0.275 e. The Balaban J connectivity index is 1.50. The molecule has 0 unspecified atom stereocenters. The van der Waals surface area contributed by atoms with Crippen LogP contribution in [-0.2, 0) is 0 Å². The number of nitrogens with one attached hydrogen (secondary N) is 2. The van der Waals surface area contributed by atoms with Crippen LogP contribution in [0.15, 0.2) is 24.0 Å². The number of thiazole rings is 1. The predicted octanol–water partition coefficient (Wildman–Crippen LogP) is 3.02. The van der Waals surface area contributed by atoms with Crippen LogP contribution in [0.2, 0.25) is 0 Å². The molecule has 1 aliphatic rings. The Hall–Kier alpha value is -2.48. The molecule has 23 heavy (non-hydrogen) atoms. The molecular formula is C15H16N6OS. The van der Waals surface area contributed by atoms with E-state index in [9.17, 15) is 4.79 Å². The van der Waals surface area contributed by atoms with E-state index in [-0.39, 0.29) is 5.91 Å². The SMILES string of the molecule is Cc1nn(C2CCC2)cc1NC(=O)c1csc(-c2cn[nH]c2)n1. The molecule has 3 aromatic heterocycles. The lowest BCUT2D eigenvalue weighted by Gasteiger charge is -2.25. The predicted molar refractivity (Wildman–Crippen MR) is 87.5 cm³/mol. The third-order valence-electron chi connectivity index (χ3n) is 4.10. The third kappa shape index (κ3) is 2.65. The minimum Gasteiger partial charge on any atom is -0.318 e. The summed E-state index contributed by atoms with van der Waals surface area (Å²) in [5.74, 6) is -0.216.